The van der Waals surface area contributed by atoms with Crippen LogP contribution in [0.5, 0.6) is 5.88 Å². The van der Waals surface area contributed by atoms with Gasteiger partial charge in [0.05, 0.1) is 6.61 Å². The van der Waals surface area contributed by atoms with Crippen LogP contribution in [0.15, 0.2) is 12.4 Å². The van der Waals surface area contributed by atoms with E-state index < -0.39 is 0 Å². The molecule has 1 aliphatic rings. The quantitative estimate of drug-likeness (QED) is 0.819. The number of likely N-dealkylation sites (tertiary alicyclic amines) is 1. The Morgan fingerprint density at radius 1 is 1.47 bits per heavy atom. The second-order valence-corrected chi connectivity index (χ2v) is 4.43. The minimum absolute atomic E-state index is 0.368. The van der Waals surface area contributed by atoms with Crippen LogP contribution >= 0.6 is 0 Å². The fourth-order valence-corrected chi connectivity index (χ4v) is 2.25. The molecule has 0 radical (unpaired) electrons. The predicted molar refractivity (Wildman–Crippen MR) is 65.7 cm³/mol. The Bertz CT molecular complexity index is 358. The molecule has 0 aliphatic carbocycles. The summed E-state index contributed by atoms with van der Waals surface area (Å²) < 4.78 is 5.66. The van der Waals surface area contributed by atoms with Crippen molar-refractivity contribution in [1.82, 2.24) is 14.9 Å². The third kappa shape index (κ3) is 3.14. The first-order valence-electron chi connectivity index (χ1n) is 6.14. The number of nitrogens with two attached hydrogens (primary N) is 1. The molecule has 1 atom stereocenters. The summed E-state index contributed by atoms with van der Waals surface area (Å²) in [4.78, 5) is 10.7. The van der Waals surface area contributed by atoms with Crippen LogP contribution in [0.3, 0.4) is 0 Å². The van der Waals surface area contributed by atoms with E-state index in [9.17, 15) is 0 Å². The van der Waals surface area contributed by atoms with Gasteiger partial charge in [0.15, 0.2) is 0 Å². The van der Waals surface area contributed by atoms with Crippen LogP contribution in [0, 0.1) is 0 Å². The van der Waals surface area contributed by atoms with E-state index in [-0.39, 0.29) is 0 Å². The SMILES string of the molecule is CN1CCCC1CCOc1nccnc1CN. The minimum atomic E-state index is 0.368. The number of nitrogens with zero attached hydrogens (tertiary/aromatic N) is 3. The van der Waals surface area contributed by atoms with Gasteiger partial charge in [0, 0.05) is 25.0 Å². The number of aromatic nitrogens is 2. The normalized spacial score (nSPS) is 20.7. The highest BCUT2D eigenvalue weighted by atomic mass is 16.5. The van der Waals surface area contributed by atoms with Crippen LogP contribution in [0.4, 0.5) is 0 Å². The molecule has 1 fully saturated rings. The fourth-order valence-electron chi connectivity index (χ4n) is 2.25. The zero-order valence-corrected chi connectivity index (χ0v) is 10.3. The Morgan fingerprint density at radius 3 is 3.00 bits per heavy atom. The molecule has 1 aromatic rings. The highest BCUT2D eigenvalue weighted by molar-refractivity contribution is 5.16. The standard InChI is InChI=1S/C12H20N4O/c1-16-7-2-3-10(16)4-8-17-12-11(9-13)14-5-6-15-12/h5-6,10H,2-4,7-9,13H2,1H3. The smallest absolute Gasteiger partial charge is 0.236 e. The van der Waals surface area contributed by atoms with Crippen LogP contribution in [0.2, 0.25) is 0 Å². The number of hydrogen-bond acceptors (Lipinski definition) is 5. The van der Waals surface area contributed by atoms with Gasteiger partial charge in [-0.1, -0.05) is 0 Å². The lowest BCUT2D eigenvalue weighted by atomic mass is 10.1. The fraction of sp³-hybridized carbons (Fsp3) is 0.667. The second-order valence-electron chi connectivity index (χ2n) is 4.43. The van der Waals surface area contributed by atoms with Gasteiger partial charge < -0.3 is 15.4 Å². The van der Waals surface area contributed by atoms with Crippen LogP contribution in [-0.2, 0) is 6.54 Å². The first-order chi connectivity index (χ1) is 8.31. The molecule has 1 aliphatic heterocycles. The van der Waals surface area contributed by atoms with Crippen LogP contribution in [0.25, 0.3) is 0 Å². The van der Waals surface area contributed by atoms with Crippen molar-refractivity contribution in [2.45, 2.75) is 31.8 Å². The van der Waals surface area contributed by atoms with E-state index in [2.05, 4.69) is 21.9 Å². The van der Waals surface area contributed by atoms with Crippen molar-refractivity contribution >= 4 is 0 Å². The van der Waals surface area contributed by atoms with E-state index in [0.717, 1.165) is 12.1 Å². The molecule has 1 unspecified atom stereocenters. The summed E-state index contributed by atoms with van der Waals surface area (Å²) >= 11 is 0. The predicted octanol–water partition coefficient (Wildman–Crippen LogP) is 0.798. The molecule has 17 heavy (non-hydrogen) atoms. The highest BCUT2D eigenvalue weighted by Crippen LogP contribution is 2.18. The lowest BCUT2D eigenvalue weighted by Crippen LogP contribution is -2.26. The van der Waals surface area contributed by atoms with E-state index in [1.54, 1.807) is 12.4 Å². The molecule has 2 rings (SSSR count). The van der Waals surface area contributed by atoms with Gasteiger partial charge in [-0.25, -0.2) is 4.98 Å². The monoisotopic (exact) mass is 236 g/mol. The molecule has 5 nitrogen and oxygen atoms in total. The van der Waals surface area contributed by atoms with E-state index in [1.165, 1.54) is 19.4 Å². The van der Waals surface area contributed by atoms with Crippen LogP contribution in [-0.4, -0.2) is 41.1 Å². The third-order valence-corrected chi connectivity index (χ3v) is 3.29. The molecule has 1 saturated heterocycles. The molecule has 5 heteroatoms. The van der Waals surface area contributed by atoms with E-state index >= 15 is 0 Å². The number of rotatable bonds is 5. The summed E-state index contributed by atoms with van der Waals surface area (Å²) in [5, 5.41) is 0. The number of hydrogen-bond donors (Lipinski definition) is 1. The molecule has 0 spiro atoms. The van der Waals surface area contributed by atoms with Crippen LogP contribution in [0.1, 0.15) is 25.0 Å². The first-order valence-corrected chi connectivity index (χ1v) is 6.14. The van der Waals surface area contributed by atoms with Crippen molar-refractivity contribution in [3.63, 3.8) is 0 Å². The largest absolute Gasteiger partial charge is 0.476 e. The van der Waals surface area contributed by atoms with Crippen molar-refractivity contribution in [2.75, 3.05) is 20.2 Å². The number of ether oxygens (including phenoxy) is 1. The van der Waals surface area contributed by atoms with Crippen molar-refractivity contribution in [2.24, 2.45) is 5.73 Å². The molecule has 94 valence electrons. The van der Waals surface area contributed by atoms with Crippen molar-refractivity contribution in [3.05, 3.63) is 18.1 Å². The maximum Gasteiger partial charge on any atom is 0.236 e. The summed E-state index contributed by atoms with van der Waals surface area (Å²) in [6, 6.07) is 0.646. The zero-order chi connectivity index (χ0) is 12.1. The maximum atomic E-state index is 5.66. The third-order valence-electron chi connectivity index (χ3n) is 3.29. The molecule has 0 aromatic carbocycles. The van der Waals surface area contributed by atoms with Gasteiger partial charge in [0.1, 0.15) is 5.69 Å². The summed E-state index contributed by atoms with van der Waals surface area (Å²) in [5.74, 6) is 0.579. The summed E-state index contributed by atoms with van der Waals surface area (Å²) in [6.07, 6.45) is 6.87. The molecule has 2 N–H and O–H groups in total. The van der Waals surface area contributed by atoms with Crippen molar-refractivity contribution in [3.8, 4) is 5.88 Å². The summed E-state index contributed by atoms with van der Waals surface area (Å²) in [6.45, 7) is 2.25. The lowest BCUT2D eigenvalue weighted by molar-refractivity contribution is 0.226. The Hall–Kier alpha value is -1.20. The van der Waals surface area contributed by atoms with Gasteiger partial charge in [0.2, 0.25) is 5.88 Å². The summed E-state index contributed by atoms with van der Waals surface area (Å²) in [5.41, 5.74) is 6.30. The Morgan fingerprint density at radius 2 is 2.29 bits per heavy atom. The molecule has 1 aromatic heterocycles. The average Bonchev–Trinajstić information content (AvgIpc) is 2.76. The first kappa shape index (κ1) is 12.3. The van der Waals surface area contributed by atoms with E-state index in [0.29, 0.717) is 25.1 Å². The van der Waals surface area contributed by atoms with Gasteiger partial charge in [-0.15, -0.1) is 0 Å². The van der Waals surface area contributed by atoms with Gasteiger partial charge >= 0.3 is 0 Å². The lowest BCUT2D eigenvalue weighted by Gasteiger charge is -2.19. The van der Waals surface area contributed by atoms with Gasteiger partial charge in [-0.2, -0.15) is 0 Å². The summed E-state index contributed by atoms with van der Waals surface area (Å²) in [7, 11) is 2.17. The topological polar surface area (TPSA) is 64.3 Å². The Balaban J connectivity index is 1.81. The average molecular weight is 236 g/mol. The Labute approximate surface area is 102 Å². The molecule has 0 bridgehead atoms. The van der Waals surface area contributed by atoms with Gasteiger partial charge in [0.25, 0.3) is 0 Å². The van der Waals surface area contributed by atoms with Gasteiger partial charge in [-0.05, 0) is 32.9 Å². The van der Waals surface area contributed by atoms with Crippen LogP contribution < -0.4 is 10.5 Å². The van der Waals surface area contributed by atoms with E-state index in [4.69, 9.17) is 10.5 Å². The maximum absolute atomic E-state index is 5.66. The van der Waals surface area contributed by atoms with Crippen molar-refractivity contribution < 1.29 is 4.74 Å². The molecular formula is C12H20N4O. The van der Waals surface area contributed by atoms with E-state index in [1.807, 2.05) is 0 Å². The minimum Gasteiger partial charge on any atom is -0.476 e. The molecule has 0 amide bonds. The van der Waals surface area contributed by atoms with Crippen molar-refractivity contribution in [1.29, 1.82) is 0 Å². The second kappa shape index (κ2) is 5.93. The zero-order valence-electron chi connectivity index (χ0n) is 10.3. The molecule has 2 heterocycles. The molecule has 0 saturated carbocycles. The Kier molecular flexibility index (Phi) is 4.28. The molecular weight excluding hydrogens is 216 g/mol. The van der Waals surface area contributed by atoms with Gasteiger partial charge in [-0.3, -0.25) is 4.98 Å². The highest BCUT2D eigenvalue weighted by Gasteiger charge is 2.20.